The molecule has 4 rings (SSSR count). The first-order valence-electron chi connectivity index (χ1n) is 9.57. The molecular formula is C23H26FNO2. The van der Waals surface area contributed by atoms with Crippen molar-refractivity contribution in [3.63, 3.8) is 0 Å². The van der Waals surface area contributed by atoms with E-state index in [4.69, 9.17) is 4.42 Å². The molecule has 0 N–H and O–H groups in total. The van der Waals surface area contributed by atoms with Gasteiger partial charge in [0.1, 0.15) is 11.6 Å². The van der Waals surface area contributed by atoms with Crippen LogP contribution in [0.3, 0.4) is 0 Å². The SMILES string of the molecule is CC1(C)CC2CC(C)(CN2C=CC(=O)c2ccc(-c3ccc(F)cc3)o2)C1. The molecule has 2 atom stereocenters. The lowest BCUT2D eigenvalue weighted by Crippen LogP contribution is -2.33. The van der Waals surface area contributed by atoms with Gasteiger partial charge in [-0.25, -0.2) is 4.39 Å². The monoisotopic (exact) mass is 367 g/mol. The number of hydrogen-bond acceptors (Lipinski definition) is 3. The average Bonchev–Trinajstić information content (AvgIpc) is 3.15. The van der Waals surface area contributed by atoms with Gasteiger partial charge in [0, 0.05) is 30.4 Å². The van der Waals surface area contributed by atoms with Gasteiger partial charge in [-0.3, -0.25) is 4.79 Å². The minimum Gasteiger partial charge on any atom is -0.453 e. The van der Waals surface area contributed by atoms with E-state index < -0.39 is 0 Å². The van der Waals surface area contributed by atoms with E-state index in [2.05, 4.69) is 25.7 Å². The first-order valence-corrected chi connectivity index (χ1v) is 9.57. The van der Waals surface area contributed by atoms with Gasteiger partial charge in [0.05, 0.1) is 0 Å². The molecule has 0 spiro atoms. The van der Waals surface area contributed by atoms with Crippen molar-refractivity contribution in [2.75, 3.05) is 6.54 Å². The van der Waals surface area contributed by atoms with E-state index in [1.54, 1.807) is 30.3 Å². The van der Waals surface area contributed by atoms with E-state index in [1.807, 2.05) is 6.20 Å². The Labute approximate surface area is 159 Å². The van der Waals surface area contributed by atoms with Crippen molar-refractivity contribution in [1.82, 2.24) is 4.90 Å². The number of hydrogen-bond donors (Lipinski definition) is 0. The molecule has 0 amide bonds. The molecule has 2 aliphatic rings. The van der Waals surface area contributed by atoms with E-state index in [1.165, 1.54) is 25.0 Å². The van der Waals surface area contributed by atoms with Gasteiger partial charge in [-0.1, -0.05) is 20.8 Å². The number of allylic oxidation sites excluding steroid dienone is 1. The van der Waals surface area contributed by atoms with Gasteiger partial charge in [-0.05, 0) is 66.5 Å². The number of rotatable bonds is 4. The minimum atomic E-state index is -0.294. The second-order valence-corrected chi connectivity index (χ2v) is 9.24. The summed E-state index contributed by atoms with van der Waals surface area (Å²) in [7, 11) is 0. The Balaban J connectivity index is 1.46. The lowest BCUT2D eigenvalue weighted by atomic mass is 9.65. The predicted molar refractivity (Wildman–Crippen MR) is 104 cm³/mol. The molecule has 27 heavy (non-hydrogen) atoms. The number of carbonyl (C=O) groups excluding carboxylic acids is 1. The quantitative estimate of drug-likeness (QED) is 0.515. The number of furan rings is 1. The van der Waals surface area contributed by atoms with Crippen molar-refractivity contribution in [1.29, 1.82) is 0 Å². The van der Waals surface area contributed by atoms with Crippen LogP contribution in [0.2, 0.25) is 0 Å². The highest BCUT2D eigenvalue weighted by Crippen LogP contribution is 2.52. The van der Waals surface area contributed by atoms with Crippen molar-refractivity contribution in [3.8, 4) is 11.3 Å². The molecule has 1 aromatic heterocycles. The van der Waals surface area contributed by atoms with Gasteiger partial charge in [0.15, 0.2) is 5.76 Å². The lowest BCUT2D eigenvalue weighted by molar-refractivity contribution is 0.102. The predicted octanol–water partition coefficient (Wildman–Crippen LogP) is 5.68. The van der Waals surface area contributed by atoms with Crippen LogP contribution < -0.4 is 0 Å². The third-order valence-electron chi connectivity index (χ3n) is 5.85. The normalized spacial score (nSPS) is 26.7. The van der Waals surface area contributed by atoms with Crippen molar-refractivity contribution >= 4 is 5.78 Å². The van der Waals surface area contributed by atoms with Gasteiger partial charge in [0.25, 0.3) is 0 Å². The lowest BCUT2D eigenvalue weighted by Gasteiger charge is -2.39. The molecule has 0 radical (unpaired) electrons. The second-order valence-electron chi connectivity index (χ2n) is 9.24. The molecule has 1 aliphatic heterocycles. The molecule has 2 bridgehead atoms. The summed E-state index contributed by atoms with van der Waals surface area (Å²) in [6.45, 7) is 8.05. The van der Waals surface area contributed by atoms with E-state index in [0.29, 0.717) is 28.4 Å². The summed E-state index contributed by atoms with van der Waals surface area (Å²) in [4.78, 5) is 14.9. The van der Waals surface area contributed by atoms with Crippen LogP contribution in [0.25, 0.3) is 11.3 Å². The number of benzene rings is 1. The Bertz CT molecular complexity index is 880. The number of halogens is 1. The van der Waals surface area contributed by atoms with Gasteiger partial charge < -0.3 is 9.32 Å². The second kappa shape index (κ2) is 6.36. The summed E-state index contributed by atoms with van der Waals surface area (Å²) in [6.07, 6.45) is 7.15. The molecular weight excluding hydrogens is 341 g/mol. The largest absolute Gasteiger partial charge is 0.453 e. The Morgan fingerprint density at radius 3 is 2.63 bits per heavy atom. The van der Waals surface area contributed by atoms with Crippen molar-refractivity contribution in [2.45, 2.75) is 46.1 Å². The zero-order valence-corrected chi connectivity index (χ0v) is 16.2. The van der Waals surface area contributed by atoms with Gasteiger partial charge in [-0.15, -0.1) is 0 Å². The number of carbonyl (C=O) groups is 1. The highest BCUT2D eigenvalue weighted by molar-refractivity contribution is 6.02. The maximum Gasteiger partial charge on any atom is 0.222 e. The Morgan fingerprint density at radius 1 is 1.15 bits per heavy atom. The summed E-state index contributed by atoms with van der Waals surface area (Å²) in [5.74, 6) is 0.434. The smallest absolute Gasteiger partial charge is 0.222 e. The molecule has 1 aliphatic carbocycles. The van der Waals surface area contributed by atoms with Crippen LogP contribution in [-0.2, 0) is 0 Å². The van der Waals surface area contributed by atoms with Crippen molar-refractivity contribution in [2.24, 2.45) is 10.8 Å². The summed E-state index contributed by atoms with van der Waals surface area (Å²) in [5, 5.41) is 0. The molecule has 2 aromatic rings. The Kier molecular flexibility index (Phi) is 4.25. The van der Waals surface area contributed by atoms with Crippen LogP contribution in [0.15, 0.2) is 53.1 Å². The molecule has 4 heteroatoms. The summed E-state index contributed by atoms with van der Waals surface area (Å²) < 4.78 is 18.7. The molecule has 1 saturated heterocycles. The molecule has 3 nitrogen and oxygen atoms in total. The van der Waals surface area contributed by atoms with E-state index in [-0.39, 0.29) is 11.6 Å². The van der Waals surface area contributed by atoms with Crippen LogP contribution in [-0.4, -0.2) is 23.3 Å². The van der Waals surface area contributed by atoms with Crippen LogP contribution >= 0.6 is 0 Å². The fraction of sp³-hybridized carbons (Fsp3) is 0.435. The highest BCUT2D eigenvalue weighted by Gasteiger charge is 2.48. The average molecular weight is 367 g/mol. The third kappa shape index (κ3) is 3.71. The fourth-order valence-electron chi connectivity index (χ4n) is 5.16. The zero-order chi connectivity index (χ0) is 19.2. The molecule has 1 aromatic carbocycles. The standard InChI is InChI=1S/C23H26FNO2/c1-22(2)12-18-13-23(3,14-22)15-25(18)11-10-19(26)21-9-8-20(27-21)16-4-6-17(24)7-5-16/h4-11,18H,12-15H2,1-3H3. The summed E-state index contributed by atoms with van der Waals surface area (Å²) in [6, 6.07) is 9.99. The third-order valence-corrected chi connectivity index (χ3v) is 5.85. The van der Waals surface area contributed by atoms with Gasteiger partial charge >= 0.3 is 0 Å². The maximum atomic E-state index is 13.1. The van der Waals surface area contributed by atoms with Gasteiger partial charge in [0.2, 0.25) is 5.78 Å². The van der Waals surface area contributed by atoms with Crippen molar-refractivity contribution < 1.29 is 13.6 Å². The number of ketones is 1. The van der Waals surface area contributed by atoms with Crippen molar-refractivity contribution in [3.05, 3.63) is 60.3 Å². The molecule has 142 valence electrons. The van der Waals surface area contributed by atoms with Crippen LogP contribution in [0.4, 0.5) is 4.39 Å². The molecule has 2 heterocycles. The highest BCUT2D eigenvalue weighted by atomic mass is 19.1. The summed E-state index contributed by atoms with van der Waals surface area (Å²) >= 11 is 0. The van der Waals surface area contributed by atoms with E-state index >= 15 is 0 Å². The van der Waals surface area contributed by atoms with E-state index in [0.717, 1.165) is 18.5 Å². The number of fused-ring (bicyclic) bond motifs is 2. The topological polar surface area (TPSA) is 33.5 Å². The van der Waals surface area contributed by atoms with Gasteiger partial charge in [-0.2, -0.15) is 0 Å². The Hall–Kier alpha value is -2.36. The maximum absolute atomic E-state index is 13.1. The van der Waals surface area contributed by atoms with E-state index in [9.17, 15) is 9.18 Å². The Morgan fingerprint density at radius 2 is 1.89 bits per heavy atom. The fourth-order valence-corrected chi connectivity index (χ4v) is 5.16. The van der Waals surface area contributed by atoms with Crippen LogP contribution in [0, 0.1) is 16.6 Å². The summed E-state index contributed by atoms with van der Waals surface area (Å²) in [5.41, 5.74) is 1.44. The first kappa shape index (κ1) is 18.0. The number of nitrogens with zero attached hydrogens (tertiary/aromatic N) is 1. The number of likely N-dealkylation sites (tertiary alicyclic amines) is 1. The zero-order valence-electron chi connectivity index (χ0n) is 16.2. The molecule has 2 fully saturated rings. The van der Waals surface area contributed by atoms with Crippen LogP contribution in [0.5, 0.6) is 0 Å². The van der Waals surface area contributed by atoms with Crippen LogP contribution in [0.1, 0.15) is 50.6 Å². The molecule has 2 unspecified atom stereocenters. The minimum absolute atomic E-state index is 0.144. The first-order chi connectivity index (χ1) is 12.7. The molecule has 1 saturated carbocycles.